The van der Waals surface area contributed by atoms with Crippen LogP contribution in [0.1, 0.15) is 38.2 Å². The van der Waals surface area contributed by atoms with Crippen molar-refractivity contribution < 1.29 is 0 Å². The van der Waals surface area contributed by atoms with Gasteiger partial charge in [-0.3, -0.25) is 4.99 Å². The molecule has 0 aromatic heterocycles. The van der Waals surface area contributed by atoms with E-state index in [0.717, 1.165) is 31.4 Å². The molecule has 0 radical (unpaired) electrons. The summed E-state index contributed by atoms with van der Waals surface area (Å²) in [6.07, 6.45) is 4.18. The second-order valence-electron chi connectivity index (χ2n) is 5.72. The summed E-state index contributed by atoms with van der Waals surface area (Å²) >= 11 is 0. The Balaban J connectivity index is 2.16. The molecular formula is C17H19N. The molecule has 0 spiro atoms. The Morgan fingerprint density at radius 3 is 2.89 bits per heavy atom. The monoisotopic (exact) mass is 237 g/mol. The molecule has 1 heteroatoms. The minimum Gasteiger partial charge on any atom is -0.257 e. The maximum Gasteiger partial charge on any atom is 0.0671 e. The van der Waals surface area contributed by atoms with E-state index in [1.807, 2.05) is 0 Å². The first-order chi connectivity index (χ1) is 8.62. The highest BCUT2D eigenvalue weighted by Crippen LogP contribution is 2.51. The lowest BCUT2D eigenvalue weighted by molar-refractivity contribution is 0.530. The van der Waals surface area contributed by atoms with Gasteiger partial charge >= 0.3 is 0 Å². The van der Waals surface area contributed by atoms with Gasteiger partial charge in [-0.05, 0) is 44.2 Å². The van der Waals surface area contributed by atoms with E-state index in [4.69, 9.17) is 4.99 Å². The fraction of sp³-hybridized carbons (Fsp3) is 0.353. The summed E-state index contributed by atoms with van der Waals surface area (Å²) in [5, 5.41) is 0. The predicted molar refractivity (Wildman–Crippen MR) is 77.6 cm³/mol. The van der Waals surface area contributed by atoms with Crippen LogP contribution in [0.2, 0.25) is 0 Å². The predicted octanol–water partition coefficient (Wildman–Crippen LogP) is 4.72. The molecule has 1 aliphatic heterocycles. The molecule has 2 aliphatic rings. The number of hydrogen-bond donors (Lipinski definition) is 0. The minimum absolute atomic E-state index is 0.0672. The number of nitrogens with zero attached hydrogens (tertiary/aromatic N) is 1. The molecule has 1 aromatic rings. The smallest absolute Gasteiger partial charge is 0.0671 e. The summed E-state index contributed by atoms with van der Waals surface area (Å²) in [7, 11) is 0. The first-order valence-corrected chi connectivity index (χ1v) is 6.60. The molecule has 0 saturated heterocycles. The lowest BCUT2D eigenvalue weighted by Crippen LogP contribution is -2.37. The van der Waals surface area contributed by atoms with Gasteiger partial charge < -0.3 is 0 Å². The molecule has 1 heterocycles. The molecule has 1 atom stereocenters. The molecule has 3 rings (SSSR count). The van der Waals surface area contributed by atoms with Gasteiger partial charge in [0.2, 0.25) is 0 Å². The van der Waals surface area contributed by atoms with E-state index in [2.05, 4.69) is 44.3 Å². The number of hydrogen-bond acceptors (Lipinski definition) is 1. The van der Waals surface area contributed by atoms with Crippen molar-refractivity contribution in [2.75, 3.05) is 0 Å². The van der Waals surface area contributed by atoms with Gasteiger partial charge in [-0.25, -0.2) is 0 Å². The normalized spacial score (nSPS) is 25.4. The average Bonchev–Trinajstić information content (AvgIpc) is 2.62. The molecule has 92 valence electrons. The summed E-state index contributed by atoms with van der Waals surface area (Å²) in [4.78, 5) is 4.87. The zero-order valence-electron chi connectivity index (χ0n) is 11.0. The maximum absolute atomic E-state index is 4.87. The molecular weight excluding hydrogens is 218 g/mol. The molecule has 0 bridgehead atoms. The number of fused-ring (bicyclic) bond motifs is 3. The van der Waals surface area contributed by atoms with Crippen LogP contribution in [0.15, 0.2) is 53.6 Å². The van der Waals surface area contributed by atoms with E-state index in [-0.39, 0.29) is 5.41 Å². The number of aliphatic imine (C=N–C) groups is 1. The van der Waals surface area contributed by atoms with E-state index in [9.17, 15) is 0 Å². The van der Waals surface area contributed by atoms with Gasteiger partial charge in [0.15, 0.2) is 0 Å². The highest BCUT2D eigenvalue weighted by molar-refractivity contribution is 6.03. The van der Waals surface area contributed by atoms with Crippen molar-refractivity contribution in [1.29, 1.82) is 0 Å². The van der Waals surface area contributed by atoms with Crippen molar-refractivity contribution in [2.24, 2.45) is 4.99 Å². The average molecular weight is 237 g/mol. The molecule has 0 amide bonds. The molecule has 1 aliphatic carbocycles. The molecule has 18 heavy (non-hydrogen) atoms. The Morgan fingerprint density at radius 2 is 2.11 bits per heavy atom. The third-order valence-corrected chi connectivity index (χ3v) is 4.10. The number of allylic oxidation sites excluding steroid dienone is 2. The van der Waals surface area contributed by atoms with Crippen LogP contribution in [-0.4, -0.2) is 5.71 Å². The summed E-state index contributed by atoms with van der Waals surface area (Å²) in [6.45, 7) is 10.4. The van der Waals surface area contributed by atoms with Crippen molar-refractivity contribution >= 4 is 11.4 Å². The van der Waals surface area contributed by atoms with E-state index in [0.29, 0.717) is 0 Å². The van der Waals surface area contributed by atoms with Crippen LogP contribution in [-0.2, 0) is 5.41 Å². The van der Waals surface area contributed by atoms with Gasteiger partial charge in [-0.15, -0.1) is 6.58 Å². The van der Waals surface area contributed by atoms with Gasteiger partial charge in [-0.2, -0.15) is 0 Å². The zero-order valence-corrected chi connectivity index (χ0v) is 11.0. The number of benzene rings is 1. The number of rotatable bonds is 2. The minimum atomic E-state index is 0.0672. The Labute approximate surface area is 109 Å². The fourth-order valence-corrected chi connectivity index (χ4v) is 3.46. The summed E-state index contributed by atoms with van der Waals surface area (Å²) < 4.78 is 0. The maximum atomic E-state index is 4.87. The van der Waals surface area contributed by atoms with Gasteiger partial charge in [-0.1, -0.05) is 35.9 Å². The van der Waals surface area contributed by atoms with Crippen LogP contribution in [0.5, 0.6) is 0 Å². The van der Waals surface area contributed by atoms with Crippen LogP contribution in [0, 0.1) is 0 Å². The van der Waals surface area contributed by atoms with Crippen LogP contribution < -0.4 is 0 Å². The molecule has 0 unspecified atom stereocenters. The molecule has 1 saturated carbocycles. The van der Waals surface area contributed by atoms with Crippen molar-refractivity contribution in [3.05, 3.63) is 54.1 Å². The summed E-state index contributed by atoms with van der Waals surface area (Å²) in [5.41, 5.74) is 6.53. The molecule has 0 N–H and O–H groups in total. The van der Waals surface area contributed by atoms with Crippen LogP contribution in [0.25, 0.3) is 0 Å². The third-order valence-electron chi connectivity index (χ3n) is 4.10. The molecule has 1 aromatic carbocycles. The lowest BCUT2D eigenvalue weighted by atomic mass is 9.65. The molecule has 1 fully saturated rings. The Bertz CT molecular complexity index is 561. The van der Waals surface area contributed by atoms with E-state index >= 15 is 0 Å². The Morgan fingerprint density at radius 1 is 1.33 bits per heavy atom. The third kappa shape index (κ3) is 1.58. The highest BCUT2D eigenvalue weighted by atomic mass is 14.8. The highest BCUT2D eigenvalue weighted by Gasteiger charge is 2.45. The van der Waals surface area contributed by atoms with Crippen molar-refractivity contribution in [1.82, 2.24) is 0 Å². The summed E-state index contributed by atoms with van der Waals surface area (Å²) in [5.74, 6) is 0. The molecule has 1 nitrogen and oxygen atoms in total. The van der Waals surface area contributed by atoms with Gasteiger partial charge in [0, 0.05) is 11.1 Å². The second-order valence-corrected chi connectivity index (χ2v) is 5.72. The quantitative estimate of drug-likeness (QED) is 0.660. The van der Waals surface area contributed by atoms with Gasteiger partial charge in [0.1, 0.15) is 0 Å². The standard InChI is InChI=1S/C17H19N/c1-12(2)10-17-11-13(3)8-9-16(17)18-15-7-5-4-6-14(15)17/h4-7H,1,3,8-11H2,2H3/t17-/m0/s1. The first kappa shape index (κ1) is 11.5. The summed E-state index contributed by atoms with van der Waals surface area (Å²) in [6, 6.07) is 8.55. The largest absolute Gasteiger partial charge is 0.257 e. The van der Waals surface area contributed by atoms with E-state index in [1.54, 1.807) is 0 Å². The van der Waals surface area contributed by atoms with Crippen LogP contribution in [0.4, 0.5) is 5.69 Å². The van der Waals surface area contributed by atoms with Crippen molar-refractivity contribution in [3.63, 3.8) is 0 Å². The Kier molecular flexibility index (Phi) is 2.51. The zero-order chi connectivity index (χ0) is 12.8. The van der Waals surface area contributed by atoms with E-state index < -0.39 is 0 Å². The van der Waals surface area contributed by atoms with E-state index in [1.165, 1.54) is 22.4 Å². The Hall–Kier alpha value is -1.63. The van der Waals surface area contributed by atoms with Crippen molar-refractivity contribution in [2.45, 2.75) is 38.0 Å². The fourth-order valence-electron chi connectivity index (χ4n) is 3.46. The lowest BCUT2D eigenvalue weighted by Gasteiger charge is -2.37. The van der Waals surface area contributed by atoms with Crippen LogP contribution in [0.3, 0.4) is 0 Å². The topological polar surface area (TPSA) is 12.4 Å². The van der Waals surface area contributed by atoms with Gasteiger partial charge in [0.25, 0.3) is 0 Å². The van der Waals surface area contributed by atoms with Crippen LogP contribution >= 0.6 is 0 Å². The number of para-hydroxylation sites is 1. The first-order valence-electron chi connectivity index (χ1n) is 6.60. The van der Waals surface area contributed by atoms with Crippen molar-refractivity contribution in [3.8, 4) is 0 Å². The second kappa shape index (κ2) is 3.94. The van der Waals surface area contributed by atoms with Gasteiger partial charge in [0.05, 0.1) is 5.69 Å². The SMILES string of the molecule is C=C(C)C[C@@]12CC(=C)CCC1=Nc1ccccc12.